The lowest BCUT2D eigenvalue weighted by atomic mass is 10.1. The number of halogens is 1. The fraction of sp³-hybridized carbons (Fsp3) is 0.316. The predicted molar refractivity (Wildman–Crippen MR) is 97.1 cm³/mol. The second kappa shape index (κ2) is 8.02. The molecule has 0 radical (unpaired) electrons. The number of nitrogens with zero attached hydrogens (tertiary/aromatic N) is 1. The van der Waals surface area contributed by atoms with Crippen molar-refractivity contribution < 1.29 is 4.79 Å². The third-order valence-electron chi connectivity index (χ3n) is 3.82. The quantitative estimate of drug-likeness (QED) is 0.869. The molecule has 0 atom stereocenters. The van der Waals surface area contributed by atoms with Gasteiger partial charge in [-0.05, 0) is 48.2 Å². The highest BCUT2D eigenvalue weighted by molar-refractivity contribution is 6.31. The lowest BCUT2D eigenvalue weighted by molar-refractivity contribution is -0.121. The van der Waals surface area contributed by atoms with Crippen LogP contribution in [0.25, 0.3) is 0 Å². The molecule has 0 heterocycles. The first-order valence-corrected chi connectivity index (χ1v) is 8.11. The molecule has 0 aromatic heterocycles. The number of aryl methyl sites for hydroxylation is 2. The molecule has 0 saturated heterocycles. The van der Waals surface area contributed by atoms with E-state index in [-0.39, 0.29) is 5.91 Å². The summed E-state index contributed by atoms with van der Waals surface area (Å²) in [5, 5.41) is 3.71. The predicted octanol–water partition coefficient (Wildman–Crippen LogP) is 3.96. The minimum atomic E-state index is 0.0541. The van der Waals surface area contributed by atoms with E-state index >= 15 is 0 Å². The van der Waals surface area contributed by atoms with E-state index in [9.17, 15) is 4.79 Å². The summed E-state index contributed by atoms with van der Waals surface area (Å²) in [5.74, 6) is 0.0541. The van der Waals surface area contributed by atoms with Crippen LogP contribution in [-0.4, -0.2) is 20.0 Å². The fourth-order valence-corrected chi connectivity index (χ4v) is 2.45. The molecule has 0 bridgehead atoms. The molecule has 122 valence electrons. The molecule has 0 fully saturated rings. The van der Waals surface area contributed by atoms with Crippen molar-refractivity contribution in [1.29, 1.82) is 0 Å². The number of hydrogen-bond donors (Lipinski definition) is 1. The molecule has 2 rings (SSSR count). The van der Waals surface area contributed by atoms with Crippen LogP contribution in [0, 0.1) is 6.92 Å². The van der Waals surface area contributed by atoms with Gasteiger partial charge in [-0.2, -0.15) is 0 Å². The lowest BCUT2D eigenvalue weighted by Gasteiger charge is -2.13. The Labute approximate surface area is 143 Å². The molecule has 4 heteroatoms. The Morgan fingerprint density at radius 1 is 1.09 bits per heavy atom. The molecule has 2 aromatic carbocycles. The van der Waals surface area contributed by atoms with Crippen molar-refractivity contribution in [3.63, 3.8) is 0 Å². The SMILES string of the molecule is Cc1ccc(CCC(=O)NCc2ccc(N(C)C)cc2)cc1Cl. The highest BCUT2D eigenvalue weighted by Crippen LogP contribution is 2.17. The van der Waals surface area contributed by atoms with Crippen LogP contribution < -0.4 is 10.2 Å². The molecule has 1 N–H and O–H groups in total. The summed E-state index contributed by atoms with van der Waals surface area (Å²) in [7, 11) is 4.02. The average Bonchev–Trinajstić information content (AvgIpc) is 2.54. The van der Waals surface area contributed by atoms with Crippen molar-refractivity contribution in [1.82, 2.24) is 5.32 Å². The Balaban J connectivity index is 1.79. The van der Waals surface area contributed by atoms with Gasteiger partial charge in [0.1, 0.15) is 0 Å². The van der Waals surface area contributed by atoms with Gasteiger partial charge in [0.05, 0.1) is 0 Å². The fourth-order valence-electron chi connectivity index (χ4n) is 2.25. The van der Waals surface area contributed by atoms with E-state index in [1.807, 2.05) is 51.4 Å². The first-order chi connectivity index (χ1) is 11.0. The van der Waals surface area contributed by atoms with Gasteiger partial charge in [0, 0.05) is 37.8 Å². The van der Waals surface area contributed by atoms with Gasteiger partial charge in [-0.25, -0.2) is 0 Å². The monoisotopic (exact) mass is 330 g/mol. The van der Waals surface area contributed by atoms with Gasteiger partial charge in [0.25, 0.3) is 0 Å². The molecule has 23 heavy (non-hydrogen) atoms. The minimum Gasteiger partial charge on any atom is -0.378 e. The zero-order chi connectivity index (χ0) is 16.8. The highest BCUT2D eigenvalue weighted by atomic mass is 35.5. The van der Waals surface area contributed by atoms with Gasteiger partial charge in [0.15, 0.2) is 0 Å². The maximum Gasteiger partial charge on any atom is 0.220 e. The zero-order valence-corrected chi connectivity index (χ0v) is 14.7. The molecule has 0 aliphatic carbocycles. The van der Waals surface area contributed by atoms with E-state index in [0.717, 1.165) is 27.4 Å². The van der Waals surface area contributed by atoms with Crippen molar-refractivity contribution in [2.75, 3.05) is 19.0 Å². The third kappa shape index (κ3) is 5.29. The van der Waals surface area contributed by atoms with Gasteiger partial charge >= 0.3 is 0 Å². The van der Waals surface area contributed by atoms with Crippen LogP contribution in [0.3, 0.4) is 0 Å². The topological polar surface area (TPSA) is 32.3 Å². The summed E-state index contributed by atoms with van der Waals surface area (Å²) in [6.07, 6.45) is 1.17. The molecule has 0 spiro atoms. The molecule has 0 unspecified atom stereocenters. The van der Waals surface area contributed by atoms with E-state index in [1.165, 1.54) is 0 Å². The van der Waals surface area contributed by atoms with Gasteiger partial charge in [-0.15, -0.1) is 0 Å². The Morgan fingerprint density at radius 2 is 1.74 bits per heavy atom. The first-order valence-electron chi connectivity index (χ1n) is 7.73. The van der Waals surface area contributed by atoms with Gasteiger partial charge in [-0.1, -0.05) is 35.9 Å². The molecule has 1 amide bonds. The van der Waals surface area contributed by atoms with E-state index in [0.29, 0.717) is 19.4 Å². The van der Waals surface area contributed by atoms with E-state index in [2.05, 4.69) is 22.3 Å². The van der Waals surface area contributed by atoms with Crippen LogP contribution in [0.5, 0.6) is 0 Å². The standard InChI is InChI=1S/C19H23ClN2O/c1-14-4-5-15(12-18(14)20)8-11-19(23)21-13-16-6-9-17(10-7-16)22(2)3/h4-7,9-10,12H,8,11,13H2,1-3H3,(H,21,23). The van der Waals surface area contributed by atoms with Crippen molar-refractivity contribution >= 4 is 23.2 Å². The zero-order valence-electron chi connectivity index (χ0n) is 13.9. The Bertz CT molecular complexity index is 666. The van der Waals surface area contributed by atoms with Crippen LogP contribution in [-0.2, 0) is 17.8 Å². The summed E-state index contributed by atoms with van der Waals surface area (Å²) in [6.45, 7) is 2.53. The largest absolute Gasteiger partial charge is 0.378 e. The van der Waals surface area contributed by atoms with Crippen LogP contribution in [0.2, 0.25) is 5.02 Å². The Kier molecular flexibility index (Phi) is 6.05. The van der Waals surface area contributed by atoms with E-state index < -0.39 is 0 Å². The minimum absolute atomic E-state index is 0.0541. The van der Waals surface area contributed by atoms with Crippen LogP contribution >= 0.6 is 11.6 Å². The maximum atomic E-state index is 12.0. The van der Waals surface area contributed by atoms with E-state index in [1.54, 1.807) is 0 Å². The number of benzene rings is 2. The summed E-state index contributed by atoms with van der Waals surface area (Å²) >= 11 is 6.10. The first kappa shape index (κ1) is 17.4. The second-order valence-corrected chi connectivity index (χ2v) is 6.33. The maximum absolute atomic E-state index is 12.0. The van der Waals surface area contributed by atoms with Gasteiger partial charge in [-0.3, -0.25) is 4.79 Å². The lowest BCUT2D eigenvalue weighted by Crippen LogP contribution is -2.23. The van der Waals surface area contributed by atoms with Crippen molar-refractivity contribution in [3.8, 4) is 0 Å². The van der Waals surface area contributed by atoms with E-state index in [4.69, 9.17) is 11.6 Å². The number of amides is 1. The average molecular weight is 331 g/mol. The van der Waals surface area contributed by atoms with Crippen molar-refractivity contribution in [2.45, 2.75) is 26.3 Å². The summed E-state index contributed by atoms with van der Waals surface area (Å²) in [4.78, 5) is 14.0. The number of carbonyl (C=O) groups is 1. The van der Waals surface area contributed by atoms with Crippen LogP contribution in [0.15, 0.2) is 42.5 Å². The van der Waals surface area contributed by atoms with Crippen molar-refractivity contribution in [2.24, 2.45) is 0 Å². The van der Waals surface area contributed by atoms with Gasteiger partial charge in [0.2, 0.25) is 5.91 Å². The number of rotatable bonds is 6. The molecule has 2 aromatic rings. The Hall–Kier alpha value is -2.00. The van der Waals surface area contributed by atoms with Crippen LogP contribution in [0.4, 0.5) is 5.69 Å². The molecule has 0 aliphatic rings. The molecule has 0 aliphatic heterocycles. The molecular weight excluding hydrogens is 308 g/mol. The number of nitrogens with one attached hydrogen (secondary N) is 1. The smallest absolute Gasteiger partial charge is 0.220 e. The number of hydrogen-bond acceptors (Lipinski definition) is 2. The van der Waals surface area contributed by atoms with Crippen molar-refractivity contribution in [3.05, 3.63) is 64.2 Å². The normalized spacial score (nSPS) is 10.4. The van der Waals surface area contributed by atoms with Crippen LogP contribution in [0.1, 0.15) is 23.1 Å². The molecule has 0 saturated carbocycles. The highest BCUT2D eigenvalue weighted by Gasteiger charge is 2.04. The summed E-state index contributed by atoms with van der Waals surface area (Å²) < 4.78 is 0. The van der Waals surface area contributed by atoms with Gasteiger partial charge < -0.3 is 10.2 Å². The summed E-state index contributed by atoms with van der Waals surface area (Å²) in [6, 6.07) is 14.1. The second-order valence-electron chi connectivity index (χ2n) is 5.92. The Morgan fingerprint density at radius 3 is 2.35 bits per heavy atom. The molecular formula is C19H23ClN2O. The number of carbonyl (C=O) groups excluding carboxylic acids is 1. The number of anilines is 1. The summed E-state index contributed by atoms with van der Waals surface area (Å²) in [5.41, 5.74) is 4.39. The third-order valence-corrected chi connectivity index (χ3v) is 4.23. The molecule has 3 nitrogen and oxygen atoms in total.